The van der Waals surface area contributed by atoms with Crippen LogP contribution < -0.4 is 10.1 Å². The topological polar surface area (TPSA) is 88.6 Å². The number of nitrogens with zero attached hydrogens (tertiary/aromatic N) is 2. The summed E-state index contributed by atoms with van der Waals surface area (Å²) in [4.78, 5) is 43.0. The van der Waals surface area contributed by atoms with Gasteiger partial charge in [0.1, 0.15) is 11.2 Å². The highest BCUT2D eigenvalue weighted by atomic mass is 35.5. The number of hydrogen-bond acceptors (Lipinski definition) is 5. The molecule has 1 aromatic heterocycles. The van der Waals surface area contributed by atoms with Crippen molar-refractivity contribution in [1.29, 1.82) is 0 Å². The number of carbonyl (C=O) groups excluding carboxylic acids is 3. The highest BCUT2D eigenvalue weighted by Crippen LogP contribution is 2.38. The molecule has 29 heavy (non-hydrogen) atoms. The summed E-state index contributed by atoms with van der Waals surface area (Å²) in [7, 11) is 1.47. The van der Waals surface area contributed by atoms with E-state index in [2.05, 4.69) is 22.1 Å². The third-order valence-corrected chi connectivity index (χ3v) is 5.37. The minimum Gasteiger partial charge on any atom is -0.495 e. The van der Waals surface area contributed by atoms with Crippen molar-refractivity contribution in [2.24, 2.45) is 5.41 Å². The average molecular weight is 410 g/mol. The van der Waals surface area contributed by atoms with Crippen molar-refractivity contribution in [2.45, 2.75) is 13.0 Å². The summed E-state index contributed by atoms with van der Waals surface area (Å²) in [5.41, 5.74) is 0.371. The van der Waals surface area contributed by atoms with Crippen LogP contribution in [0, 0.1) is 17.3 Å². The molecule has 7 nitrogen and oxygen atoms in total. The first kappa shape index (κ1) is 19.0. The van der Waals surface area contributed by atoms with Gasteiger partial charge in [-0.1, -0.05) is 29.5 Å². The standard InChI is InChI=1S/C21H16ClN3O4/c1-29-15-5-4-14-11-25(19(27)17(14)18(15)22)12-21(9-16(26)24-20(21)28)7-6-13-3-2-8-23-10-13/h2-5,8,10H,9,11-12H2,1H3,(H,24,26,28). The van der Waals surface area contributed by atoms with Crippen molar-refractivity contribution in [3.63, 3.8) is 0 Å². The Hall–Kier alpha value is -3.37. The Balaban J connectivity index is 1.67. The van der Waals surface area contributed by atoms with Crippen LogP contribution in [-0.4, -0.2) is 41.3 Å². The fraction of sp³-hybridized carbons (Fsp3) is 0.238. The minimum absolute atomic E-state index is 0.0238. The molecule has 3 amide bonds. The SMILES string of the molecule is COc1ccc2c(c1Cl)C(=O)N(CC1(C#Cc3cccnc3)CC(=O)NC1=O)C2. The number of fused-ring (bicyclic) bond motifs is 1. The van der Waals surface area contributed by atoms with Crippen molar-refractivity contribution < 1.29 is 19.1 Å². The maximum Gasteiger partial charge on any atom is 0.256 e. The molecule has 0 radical (unpaired) electrons. The normalized spacial score (nSPS) is 20.2. The lowest BCUT2D eigenvalue weighted by molar-refractivity contribution is -0.127. The lowest BCUT2D eigenvalue weighted by Gasteiger charge is -2.25. The number of imide groups is 1. The monoisotopic (exact) mass is 409 g/mol. The summed E-state index contributed by atoms with van der Waals surface area (Å²) in [6.45, 7) is 0.250. The third-order valence-electron chi connectivity index (χ3n) is 4.99. The Morgan fingerprint density at radius 2 is 2.14 bits per heavy atom. The molecule has 2 aliphatic heterocycles. The van der Waals surface area contributed by atoms with Gasteiger partial charge < -0.3 is 9.64 Å². The van der Waals surface area contributed by atoms with Crippen molar-refractivity contribution in [1.82, 2.24) is 15.2 Å². The molecular weight excluding hydrogens is 394 g/mol. The van der Waals surface area contributed by atoms with Crippen LogP contribution in [0.4, 0.5) is 0 Å². The summed E-state index contributed by atoms with van der Waals surface area (Å²) in [5, 5.41) is 2.54. The summed E-state index contributed by atoms with van der Waals surface area (Å²) in [5.74, 6) is 4.99. The van der Waals surface area contributed by atoms with Gasteiger partial charge in [-0.15, -0.1) is 0 Å². The van der Waals surface area contributed by atoms with Crippen LogP contribution in [0.3, 0.4) is 0 Å². The second kappa shape index (κ2) is 7.22. The molecule has 0 saturated carbocycles. The number of carbonyl (C=O) groups is 3. The van der Waals surface area contributed by atoms with Gasteiger partial charge in [-0.25, -0.2) is 0 Å². The van der Waals surface area contributed by atoms with E-state index < -0.39 is 17.2 Å². The van der Waals surface area contributed by atoms with Crippen LogP contribution in [0.25, 0.3) is 0 Å². The van der Waals surface area contributed by atoms with E-state index in [0.29, 0.717) is 16.9 Å². The van der Waals surface area contributed by atoms with E-state index >= 15 is 0 Å². The Labute approximate surface area is 172 Å². The highest BCUT2D eigenvalue weighted by molar-refractivity contribution is 6.35. The molecule has 1 fully saturated rings. The number of aromatic nitrogens is 1. The Bertz CT molecular complexity index is 1090. The predicted molar refractivity (Wildman–Crippen MR) is 104 cm³/mol. The average Bonchev–Trinajstić information content (AvgIpc) is 3.17. The lowest BCUT2D eigenvalue weighted by atomic mass is 9.86. The van der Waals surface area contributed by atoms with Crippen molar-refractivity contribution in [3.8, 4) is 17.6 Å². The molecule has 2 aliphatic rings. The Kier molecular flexibility index (Phi) is 4.73. The second-order valence-corrected chi connectivity index (χ2v) is 7.28. The number of benzene rings is 1. The Morgan fingerprint density at radius 3 is 2.79 bits per heavy atom. The van der Waals surface area contributed by atoms with Crippen LogP contribution in [0.15, 0.2) is 36.7 Å². The molecule has 1 unspecified atom stereocenters. The number of methoxy groups -OCH3 is 1. The number of halogens is 1. The van der Waals surface area contributed by atoms with Crippen LogP contribution in [0.2, 0.25) is 5.02 Å². The highest BCUT2D eigenvalue weighted by Gasteiger charge is 2.49. The number of hydrogen-bond donors (Lipinski definition) is 1. The maximum atomic E-state index is 13.0. The number of pyridine rings is 1. The van der Waals surface area contributed by atoms with Crippen molar-refractivity contribution in [2.75, 3.05) is 13.7 Å². The number of ether oxygens (including phenoxy) is 1. The predicted octanol–water partition coefficient (Wildman–Crippen LogP) is 1.78. The van der Waals surface area contributed by atoms with Gasteiger partial charge in [0.15, 0.2) is 0 Å². The fourth-order valence-corrected chi connectivity index (χ4v) is 3.89. The van der Waals surface area contributed by atoms with Crippen molar-refractivity contribution >= 4 is 29.3 Å². The van der Waals surface area contributed by atoms with E-state index in [4.69, 9.17) is 16.3 Å². The van der Waals surface area contributed by atoms with Crippen LogP contribution in [-0.2, 0) is 16.1 Å². The maximum absolute atomic E-state index is 13.0. The van der Waals surface area contributed by atoms with Gasteiger partial charge in [0.2, 0.25) is 11.8 Å². The Morgan fingerprint density at radius 1 is 1.31 bits per heavy atom. The molecule has 1 aromatic carbocycles. The number of rotatable bonds is 3. The second-order valence-electron chi connectivity index (χ2n) is 6.91. The summed E-state index contributed by atoms with van der Waals surface area (Å²) < 4.78 is 5.19. The van der Waals surface area contributed by atoms with E-state index in [9.17, 15) is 14.4 Å². The van der Waals surface area contributed by atoms with Gasteiger partial charge in [0.25, 0.3) is 5.91 Å². The summed E-state index contributed by atoms with van der Waals surface area (Å²) in [6.07, 6.45) is 3.07. The zero-order valence-electron chi connectivity index (χ0n) is 15.5. The van der Waals surface area contributed by atoms with E-state index in [0.717, 1.165) is 5.56 Å². The van der Waals surface area contributed by atoms with E-state index in [1.807, 2.05) is 0 Å². The third kappa shape index (κ3) is 3.32. The van der Waals surface area contributed by atoms with Crippen LogP contribution in [0.5, 0.6) is 5.75 Å². The zero-order valence-corrected chi connectivity index (χ0v) is 16.2. The molecule has 0 spiro atoms. The molecule has 0 bridgehead atoms. The zero-order chi connectivity index (χ0) is 20.6. The quantitative estimate of drug-likeness (QED) is 0.616. The van der Waals surface area contributed by atoms with Crippen LogP contribution >= 0.6 is 11.6 Å². The molecule has 0 aliphatic carbocycles. The van der Waals surface area contributed by atoms with E-state index in [-0.39, 0.29) is 30.4 Å². The largest absolute Gasteiger partial charge is 0.495 e. The molecule has 1 atom stereocenters. The summed E-state index contributed by atoms with van der Waals surface area (Å²) >= 11 is 6.32. The van der Waals surface area contributed by atoms with Gasteiger partial charge in [-0.05, 0) is 23.8 Å². The molecule has 146 valence electrons. The number of nitrogens with one attached hydrogen (secondary N) is 1. The molecular formula is C21H16ClN3O4. The first-order valence-corrected chi connectivity index (χ1v) is 9.23. The van der Waals surface area contributed by atoms with Crippen LogP contribution in [0.1, 0.15) is 27.9 Å². The van der Waals surface area contributed by atoms with Gasteiger partial charge in [0, 0.05) is 31.0 Å². The van der Waals surface area contributed by atoms with Gasteiger partial charge in [0.05, 0.1) is 24.1 Å². The smallest absolute Gasteiger partial charge is 0.256 e. The molecule has 1 N–H and O–H groups in total. The molecule has 8 heteroatoms. The first-order chi connectivity index (χ1) is 13.9. The summed E-state index contributed by atoms with van der Waals surface area (Å²) in [6, 6.07) is 6.95. The van der Waals surface area contributed by atoms with Gasteiger partial charge >= 0.3 is 0 Å². The van der Waals surface area contributed by atoms with Gasteiger partial charge in [-0.2, -0.15) is 0 Å². The first-order valence-electron chi connectivity index (χ1n) is 8.86. The minimum atomic E-state index is -1.33. The van der Waals surface area contributed by atoms with Gasteiger partial charge in [-0.3, -0.25) is 24.7 Å². The fourth-order valence-electron chi connectivity index (χ4n) is 3.55. The van der Waals surface area contributed by atoms with Crippen molar-refractivity contribution in [3.05, 3.63) is 58.4 Å². The molecule has 4 rings (SSSR count). The van der Waals surface area contributed by atoms with E-state index in [1.54, 1.807) is 36.7 Å². The molecule has 3 heterocycles. The molecule has 1 saturated heterocycles. The molecule has 2 aromatic rings. The van der Waals surface area contributed by atoms with E-state index in [1.165, 1.54) is 12.0 Å². The number of amides is 3. The lowest BCUT2D eigenvalue weighted by Crippen LogP contribution is -2.42.